The first-order chi connectivity index (χ1) is 8.15. The molecule has 1 aromatic rings. The van der Waals surface area contributed by atoms with Gasteiger partial charge in [0.1, 0.15) is 0 Å². The van der Waals surface area contributed by atoms with Crippen molar-refractivity contribution in [2.24, 2.45) is 0 Å². The third-order valence-electron chi connectivity index (χ3n) is 2.79. The van der Waals surface area contributed by atoms with E-state index < -0.39 is 6.10 Å². The Morgan fingerprint density at radius 1 is 1.35 bits per heavy atom. The molecule has 2 nitrogen and oxygen atoms in total. The number of anilines is 1. The molecule has 0 aromatic heterocycles. The molecular weight excluding hydrogens is 234 g/mol. The highest BCUT2D eigenvalue weighted by Gasteiger charge is 2.10. The van der Waals surface area contributed by atoms with Gasteiger partial charge in [0.25, 0.3) is 0 Å². The lowest BCUT2D eigenvalue weighted by molar-refractivity contribution is 0.164. The van der Waals surface area contributed by atoms with Crippen molar-refractivity contribution in [1.82, 2.24) is 0 Å². The number of hydrogen-bond donors (Lipinski definition) is 2. The Bertz CT molecular complexity index is 365. The third-order valence-corrected chi connectivity index (χ3v) is 3.03. The molecule has 1 unspecified atom stereocenters. The quantitative estimate of drug-likeness (QED) is 0.437. The van der Waals surface area contributed by atoms with Crippen molar-refractivity contribution in [3.63, 3.8) is 0 Å². The zero-order valence-electron chi connectivity index (χ0n) is 10.0. The molecule has 0 radical (unpaired) electrons. The summed E-state index contributed by atoms with van der Waals surface area (Å²) in [6, 6.07) is 5.23. The third kappa shape index (κ3) is 4.80. The Morgan fingerprint density at radius 3 is 2.76 bits per heavy atom. The lowest BCUT2D eigenvalue weighted by atomic mass is 10.0. The van der Waals surface area contributed by atoms with E-state index in [4.69, 9.17) is 17.3 Å². The standard InChI is InChI=1S/C14H20ClNO/c1-2-3-4-5-6-7-14(17)12-9-8-11(15)10-13(12)16/h2,8-10,14,17H,1,3-7,16H2. The molecule has 0 heterocycles. The summed E-state index contributed by atoms with van der Waals surface area (Å²) in [4.78, 5) is 0. The Hall–Kier alpha value is -0.990. The molecule has 0 aliphatic heterocycles. The summed E-state index contributed by atoms with van der Waals surface area (Å²) >= 11 is 5.81. The molecule has 0 aliphatic rings. The van der Waals surface area contributed by atoms with Gasteiger partial charge in [-0.15, -0.1) is 6.58 Å². The van der Waals surface area contributed by atoms with Crippen LogP contribution in [0, 0.1) is 0 Å². The molecule has 0 aliphatic carbocycles. The Labute approximate surface area is 108 Å². The van der Waals surface area contributed by atoms with E-state index in [9.17, 15) is 5.11 Å². The second kappa shape index (κ2) is 7.36. The van der Waals surface area contributed by atoms with Gasteiger partial charge >= 0.3 is 0 Å². The molecule has 1 atom stereocenters. The number of nitrogens with two attached hydrogens (primary N) is 1. The van der Waals surface area contributed by atoms with Gasteiger partial charge in [-0.3, -0.25) is 0 Å². The molecule has 3 heteroatoms. The molecule has 94 valence electrons. The number of aliphatic hydroxyl groups is 1. The number of nitrogen functional groups attached to an aromatic ring is 1. The van der Waals surface area contributed by atoms with E-state index in [0.717, 1.165) is 37.7 Å². The minimum atomic E-state index is -0.490. The number of hydrogen-bond acceptors (Lipinski definition) is 2. The molecular formula is C14H20ClNO. The van der Waals surface area contributed by atoms with Gasteiger partial charge in [-0.25, -0.2) is 0 Å². The molecule has 0 fully saturated rings. The Morgan fingerprint density at radius 2 is 2.12 bits per heavy atom. The molecule has 0 amide bonds. The molecule has 17 heavy (non-hydrogen) atoms. The van der Waals surface area contributed by atoms with Gasteiger partial charge in [0.2, 0.25) is 0 Å². The fourth-order valence-electron chi connectivity index (χ4n) is 1.81. The van der Waals surface area contributed by atoms with E-state index in [1.54, 1.807) is 18.2 Å². The minimum Gasteiger partial charge on any atom is -0.398 e. The zero-order valence-corrected chi connectivity index (χ0v) is 10.8. The van der Waals surface area contributed by atoms with Crippen molar-refractivity contribution < 1.29 is 5.11 Å². The van der Waals surface area contributed by atoms with Crippen LogP contribution in [0.1, 0.15) is 43.8 Å². The van der Waals surface area contributed by atoms with Crippen LogP contribution >= 0.6 is 11.6 Å². The minimum absolute atomic E-state index is 0.490. The lowest BCUT2D eigenvalue weighted by Crippen LogP contribution is -2.02. The average Bonchev–Trinajstić information content (AvgIpc) is 2.28. The number of rotatable bonds is 7. The topological polar surface area (TPSA) is 46.2 Å². The van der Waals surface area contributed by atoms with Gasteiger partial charge < -0.3 is 10.8 Å². The van der Waals surface area contributed by atoms with Crippen LogP contribution in [0.25, 0.3) is 0 Å². The maximum Gasteiger partial charge on any atom is 0.0809 e. The predicted molar refractivity (Wildman–Crippen MR) is 74.1 cm³/mol. The van der Waals surface area contributed by atoms with E-state index in [1.807, 2.05) is 6.08 Å². The zero-order chi connectivity index (χ0) is 12.7. The number of halogens is 1. The number of unbranched alkanes of at least 4 members (excludes halogenated alkanes) is 3. The summed E-state index contributed by atoms with van der Waals surface area (Å²) in [6.07, 6.45) is 6.45. The largest absolute Gasteiger partial charge is 0.398 e. The molecule has 1 rings (SSSR count). The van der Waals surface area contributed by atoms with Crippen molar-refractivity contribution in [3.8, 4) is 0 Å². The number of allylic oxidation sites excluding steroid dienone is 1. The van der Waals surface area contributed by atoms with Gasteiger partial charge in [-0.05, 0) is 31.4 Å². The van der Waals surface area contributed by atoms with Crippen molar-refractivity contribution in [1.29, 1.82) is 0 Å². The summed E-state index contributed by atoms with van der Waals surface area (Å²) in [5, 5.41) is 10.6. The van der Waals surface area contributed by atoms with E-state index in [-0.39, 0.29) is 0 Å². The highest BCUT2D eigenvalue weighted by atomic mass is 35.5. The van der Waals surface area contributed by atoms with Crippen LogP contribution in [0.15, 0.2) is 30.9 Å². The lowest BCUT2D eigenvalue weighted by Gasteiger charge is -2.13. The number of aliphatic hydroxyl groups excluding tert-OH is 1. The average molecular weight is 254 g/mol. The van der Waals surface area contributed by atoms with Crippen LogP contribution in [0.4, 0.5) is 5.69 Å². The summed E-state index contributed by atoms with van der Waals surface area (Å²) in [7, 11) is 0. The number of benzene rings is 1. The van der Waals surface area contributed by atoms with Gasteiger partial charge in [-0.1, -0.05) is 36.6 Å². The molecule has 0 bridgehead atoms. The second-order valence-electron chi connectivity index (χ2n) is 4.22. The van der Waals surface area contributed by atoms with E-state index in [2.05, 4.69) is 6.58 Å². The first-order valence-electron chi connectivity index (χ1n) is 5.99. The van der Waals surface area contributed by atoms with Crippen LogP contribution in [0.5, 0.6) is 0 Å². The van der Waals surface area contributed by atoms with Crippen molar-refractivity contribution in [2.45, 2.75) is 38.2 Å². The van der Waals surface area contributed by atoms with E-state index in [1.165, 1.54) is 0 Å². The maximum absolute atomic E-state index is 10.0. The SMILES string of the molecule is C=CCCCCCC(O)c1ccc(Cl)cc1N. The fourth-order valence-corrected chi connectivity index (χ4v) is 1.99. The first-order valence-corrected chi connectivity index (χ1v) is 6.37. The molecule has 0 saturated carbocycles. The summed E-state index contributed by atoms with van der Waals surface area (Å²) in [6.45, 7) is 3.68. The van der Waals surface area contributed by atoms with Crippen molar-refractivity contribution in [3.05, 3.63) is 41.4 Å². The fraction of sp³-hybridized carbons (Fsp3) is 0.429. The van der Waals surface area contributed by atoms with Gasteiger partial charge in [0.05, 0.1) is 6.10 Å². The predicted octanol–water partition coefficient (Wildman–Crippen LogP) is 4.09. The Kier molecular flexibility index (Phi) is 6.09. The van der Waals surface area contributed by atoms with Gasteiger partial charge in [0.15, 0.2) is 0 Å². The smallest absolute Gasteiger partial charge is 0.0809 e. The Balaban J connectivity index is 2.41. The maximum atomic E-state index is 10.0. The normalized spacial score (nSPS) is 12.4. The summed E-state index contributed by atoms with van der Waals surface area (Å²) in [5.41, 5.74) is 7.16. The molecule has 1 aromatic carbocycles. The van der Waals surface area contributed by atoms with Crippen LogP contribution in [-0.4, -0.2) is 5.11 Å². The highest BCUT2D eigenvalue weighted by Crippen LogP contribution is 2.27. The first kappa shape index (κ1) is 14.1. The van der Waals surface area contributed by atoms with Crippen LogP contribution in [-0.2, 0) is 0 Å². The molecule has 0 spiro atoms. The second-order valence-corrected chi connectivity index (χ2v) is 4.65. The van der Waals surface area contributed by atoms with Crippen LogP contribution in [0.3, 0.4) is 0 Å². The van der Waals surface area contributed by atoms with Crippen molar-refractivity contribution >= 4 is 17.3 Å². The van der Waals surface area contributed by atoms with E-state index in [0.29, 0.717) is 10.7 Å². The molecule has 3 N–H and O–H groups in total. The highest BCUT2D eigenvalue weighted by molar-refractivity contribution is 6.30. The van der Waals surface area contributed by atoms with E-state index >= 15 is 0 Å². The molecule has 0 saturated heterocycles. The monoisotopic (exact) mass is 253 g/mol. The van der Waals surface area contributed by atoms with Crippen LogP contribution < -0.4 is 5.73 Å². The van der Waals surface area contributed by atoms with Gasteiger partial charge in [0, 0.05) is 16.3 Å². The summed E-state index contributed by atoms with van der Waals surface area (Å²) < 4.78 is 0. The summed E-state index contributed by atoms with van der Waals surface area (Å²) in [5.74, 6) is 0. The van der Waals surface area contributed by atoms with Crippen molar-refractivity contribution in [2.75, 3.05) is 5.73 Å². The van der Waals surface area contributed by atoms with Crippen LogP contribution in [0.2, 0.25) is 5.02 Å². The van der Waals surface area contributed by atoms with Gasteiger partial charge in [-0.2, -0.15) is 0 Å².